The summed E-state index contributed by atoms with van der Waals surface area (Å²) in [5.41, 5.74) is 3.49. The number of fused-ring (bicyclic) bond motifs is 1. The van der Waals surface area contributed by atoms with E-state index in [0.717, 1.165) is 16.6 Å². The Morgan fingerprint density at radius 1 is 1.16 bits per heavy atom. The number of aromatic nitrogens is 2. The molecular weight excluding hydrogens is 314 g/mol. The topological polar surface area (TPSA) is 64.1 Å². The van der Waals surface area contributed by atoms with Gasteiger partial charge in [0.15, 0.2) is 0 Å². The van der Waals surface area contributed by atoms with Gasteiger partial charge in [-0.25, -0.2) is 14.8 Å². The minimum atomic E-state index is -0.322. The van der Waals surface area contributed by atoms with E-state index < -0.39 is 0 Å². The summed E-state index contributed by atoms with van der Waals surface area (Å²) in [5, 5.41) is 4.21. The van der Waals surface area contributed by atoms with Gasteiger partial charge in [-0.2, -0.15) is 0 Å². The molecule has 0 saturated heterocycles. The van der Waals surface area contributed by atoms with Crippen LogP contribution in [0, 0.1) is 0 Å². The molecular formula is C20H21N3O2. The van der Waals surface area contributed by atoms with Gasteiger partial charge in [0, 0.05) is 17.3 Å². The highest BCUT2D eigenvalue weighted by Crippen LogP contribution is 2.25. The minimum Gasteiger partial charge on any atom is -0.462 e. The number of anilines is 2. The van der Waals surface area contributed by atoms with E-state index in [1.165, 1.54) is 5.56 Å². The van der Waals surface area contributed by atoms with Crippen molar-refractivity contribution in [2.45, 2.75) is 26.7 Å². The molecule has 3 aromatic rings. The largest absolute Gasteiger partial charge is 0.462 e. The van der Waals surface area contributed by atoms with Crippen molar-refractivity contribution in [2.75, 3.05) is 11.9 Å². The number of ether oxygens (including phenoxy) is 1. The van der Waals surface area contributed by atoms with Crippen molar-refractivity contribution in [1.29, 1.82) is 0 Å². The van der Waals surface area contributed by atoms with Gasteiger partial charge in [0.2, 0.25) is 5.95 Å². The number of nitrogens with zero attached hydrogens (tertiary/aromatic N) is 2. The van der Waals surface area contributed by atoms with Crippen LogP contribution >= 0.6 is 0 Å². The van der Waals surface area contributed by atoms with Crippen LogP contribution in [0.25, 0.3) is 10.9 Å². The molecule has 0 amide bonds. The van der Waals surface area contributed by atoms with Crippen molar-refractivity contribution in [2.24, 2.45) is 0 Å². The second-order valence-corrected chi connectivity index (χ2v) is 6.06. The smallest absolute Gasteiger partial charge is 0.338 e. The van der Waals surface area contributed by atoms with Crippen molar-refractivity contribution in [3.8, 4) is 0 Å². The van der Waals surface area contributed by atoms with Gasteiger partial charge >= 0.3 is 5.97 Å². The second-order valence-electron chi connectivity index (χ2n) is 6.06. The van der Waals surface area contributed by atoms with Crippen molar-refractivity contribution < 1.29 is 9.53 Å². The van der Waals surface area contributed by atoms with E-state index in [9.17, 15) is 4.79 Å². The highest BCUT2D eigenvalue weighted by molar-refractivity contribution is 5.90. The van der Waals surface area contributed by atoms with Gasteiger partial charge in [0.1, 0.15) is 0 Å². The fourth-order valence-electron chi connectivity index (χ4n) is 2.64. The molecule has 1 aromatic heterocycles. The number of carbonyl (C=O) groups excluding carboxylic acids is 1. The third-order valence-electron chi connectivity index (χ3n) is 3.92. The Balaban J connectivity index is 1.85. The summed E-state index contributed by atoms with van der Waals surface area (Å²) in [5.74, 6) is 0.595. The standard InChI is InChI=1S/C20H21N3O2/c1-4-25-19(24)14-8-10-16(11-9-14)22-20-21-12-15-6-5-7-17(13(2)3)18(15)23-20/h5-13H,4H2,1-3H3,(H,21,22,23). The molecule has 25 heavy (non-hydrogen) atoms. The van der Waals surface area contributed by atoms with E-state index in [2.05, 4.69) is 35.2 Å². The van der Waals surface area contributed by atoms with Crippen LogP contribution in [0.4, 0.5) is 11.6 Å². The third-order valence-corrected chi connectivity index (χ3v) is 3.92. The normalized spacial score (nSPS) is 10.9. The molecule has 0 atom stereocenters. The molecule has 0 fully saturated rings. The molecule has 0 saturated carbocycles. The average Bonchev–Trinajstić information content (AvgIpc) is 2.62. The highest BCUT2D eigenvalue weighted by Gasteiger charge is 2.09. The first-order chi connectivity index (χ1) is 12.1. The van der Waals surface area contributed by atoms with E-state index in [4.69, 9.17) is 4.74 Å². The van der Waals surface area contributed by atoms with E-state index in [1.54, 1.807) is 19.1 Å². The van der Waals surface area contributed by atoms with Crippen LogP contribution in [0.3, 0.4) is 0 Å². The first-order valence-electron chi connectivity index (χ1n) is 8.38. The lowest BCUT2D eigenvalue weighted by molar-refractivity contribution is 0.0526. The molecule has 2 aromatic carbocycles. The molecule has 0 aliphatic carbocycles. The molecule has 3 rings (SSSR count). The van der Waals surface area contributed by atoms with Crippen LogP contribution in [0.2, 0.25) is 0 Å². The van der Waals surface area contributed by atoms with Gasteiger partial charge in [-0.05, 0) is 42.7 Å². The zero-order chi connectivity index (χ0) is 17.8. The zero-order valence-electron chi connectivity index (χ0n) is 14.6. The van der Waals surface area contributed by atoms with Gasteiger partial charge in [0.05, 0.1) is 17.7 Å². The number of hydrogen-bond acceptors (Lipinski definition) is 5. The summed E-state index contributed by atoms with van der Waals surface area (Å²) in [4.78, 5) is 20.7. The zero-order valence-corrected chi connectivity index (χ0v) is 14.6. The van der Waals surface area contributed by atoms with Crippen molar-refractivity contribution in [1.82, 2.24) is 9.97 Å². The Morgan fingerprint density at radius 2 is 1.92 bits per heavy atom. The molecule has 128 valence electrons. The summed E-state index contributed by atoms with van der Waals surface area (Å²) in [6.07, 6.45) is 1.82. The molecule has 0 radical (unpaired) electrons. The van der Waals surface area contributed by atoms with Crippen LogP contribution in [0.1, 0.15) is 42.6 Å². The van der Waals surface area contributed by atoms with Gasteiger partial charge in [-0.1, -0.05) is 32.0 Å². The van der Waals surface area contributed by atoms with Crippen LogP contribution < -0.4 is 5.32 Å². The molecule has 0 spiro atoms. The maximum absolute atomic E-state index is 11.7. The average molecular weight is 335 g/mol. The highest BCUT2D eigenvalue weighted by atomic mass is 16.5. The number of esters is 1. The maximum Gasteiger partial charge on any atom is 0.338 e. The predicted octanol–water partition coefficient (Wildman–Crippen LogP) is 4.67. The fourth-order valence-corrected chi connectivity index (χ4v) is 2.64. The number of rotatable bonds is 5. The lowest BCUT2D eigenvalue weighted by Gasteiger charge is -2.11. The Labute approximate surface area is 147 Å². The quantitative estimate of drug-likeness (QED) is 0.686. The molecule has 5 heteroatoms. The minimum absolute atomic E-state index is 0.322. The van der Waals surface area contributed by atoms with E-state index in [-0.39, 0.29) is 5.97 Å². The van der Waals surface area contributed by atoms with E-state index in [0.29, 0.717) is 24.0 Å². The summed E-state index contributed by atoms with van der Waals surface area (Å²) in [6.45, 7) is 6.45. The Morgan fingerprint density at radius 3 is 2.60 bits per heavy atom. The predicted molar refractivity (Wildman–Crippen MR) is 99.3 cm³/mol. The van der Waals surface area contributed by atoms with Gasteiger partial charge in [-0.15, -0.1) is 0 Å². The summed E-state index contributed by atoms with van der Waals surface area (Å²) < 4.78 is 4.99. The van der Waals surface area contributed by atoms with Gasteiger partial charge in [0.25, 0.3) is 0 Å². The third kappa shape index (κ3) is 3.76. The molecule has 0 unspecified atom stereocenters. The number of para-hydroxylation sites is 1. The number of carbonyl (C=O) groups is 1. The number of nitrogens with one attached hydrogen (secondary N) is 1. The molecule has 0 aliphatic rings. The lowest BCUT2D eigenvalue weighted by atomic mass is 10.0. The summed E-state index contributed by atoms with van der Waals surface area (Å²) >= 11 is 0. The van der Waals surface area contributed by atoms with Crippen LogP contribution in [-0.2, 0) is 4.74 Å². The Bertz CT molecular complexity index is 889. The fraction of sp³-hybridized carbons (Fsp3) is 0.250. The summed E-state index contributed by atoms with van der Waals surface area (Å²) in [6, 6.07) is 13.2. The molecule has 0 bridgehead atoms. The lowest BCUT2D eigenvalue weighted by Crippen LogP contribution is -2.04. The van der Waals surface area contributed by atoms with Crippen molar-refractivity contribution >= 4 is 28.5 Å². The molecule has 5 nitrogen and oxygen atoms in total. The Hall–Kier alpha value is -2.95. The number of hydrogen-bond donors (Lipinski definition) is 1. The molecule has 1 N–H and O–H groups in total. The van der Waals surface area contributed by atoms with E-state index in [1.807, 2.05) is 30.5 Å². The SMILES string of the molecule is CCOC(=O)c1ccc(Nc2ncc3cccc(C(C)C)c3n2)cc1. The first-order valence-corrected chi connectivity index (χ1v) is 8.38. The number of benzene rings is 2. The summed E-state index contributed by atoms with van der Waals surface area (Å²) in [7, 11) is 0. The Kier molecular flexibility index (Phi) is 4.93. The van der Waals surface area contributed by atoms with Gasteiger partial charge < -0.3 is 10.1 Å². The van der Waals surface area contributed by atoms with E-state index >= 15 is 0 Å². The van der Waals surface area contributed by atoms with Crippen molar-refractivity contribution in [3.63, 3.8) is 0 Å². The molecule has 1 heterocycles. The monoisotopic (exact) mass is 335 g/mol. The molecule has 0 aliphatic heterocycles. The van der Waals surface area contributed by atoms with Crippen LogP contribution in [0.15, 0.2) is 48.7 Å². The van der Waals surface area contributed by atoms with Crippen molar-refractivity contribution in [3.05, 3.63) is 59.8 Å². The van der Waals surface area contributed by atoms with Crippen LogP contribution in [-0.4, -0.2) is 22.5 Å². The maximum atomic E-state index is 11.7. The first kappa shape index (κ1) is 16.9. The van der Waals surface area contributed by atoms with Crippen LogP contribution in [0.5, 0.6) is 0 Å². The second kappa shape index (κ2) is 7.30. The van der Waals surface area contributed by atoms with Gasteiger partial charge in [-0.3, -0.25) is 0 Å².